The van der Waals surface area contributed by atoms with E-state index in [1.54, 1.807) is 49.6 Å². The monoisotopic (exact) mass is 521 g/mol. The van der Waals surface area contributed by atoms with E-state index >= 15 is 0 Å². The van der Waals surface area contributed by atoms with Crippen LogP contribution in [0.1, 0.15) is 16.1 Å². The van der Waals surface area contributed by atoms with E-state index in [0.717, 1.165) is 33.7 Å². The number of hydrogen-bond acceptors (Lipinski definition) is 8. The number of fused-ring (bicyclic) bond motifs is 1. The average molecular weight is 522 g/mol. The van der Waals surface area contributed by atoms with Crippen molar-refractivity contribution < 1.29 is 14.3 Å². The van der Waals surface area contributed by atoms with Crippen LogP contribution in [0.5, 0.6) is 11.5 Å². The minimum atomic E-state index is -0.500. The Hall–Kier alpha value is -5.25. The van der Waals surface area contributed by atoms with Gasteiger partial charge in [-0.1, -0.05) is 6.08 Å². The van der Waals surface area contributed by atoms with Gasteiger partial charge < -0.3 is 20.1 Å². The number of anilines is 2. The summed E-state index contributed by atoms with van der Waals surface area (Å²) in [5.41, 5.74) is 11.3. The van der Waals surface area contributed by atoms with Crippen molar-refractivity contribution in [3.63, 3.8) is 0 Å². The van der Waals surface area contributed by atoms with Gasteiger partial charge in [-0.3, -0.25) is 19.4 Å². The molecule has 0 unspecified atom stereocenters. The molecule has 0 aliphatic carbocycles. The zero-order valence-electron chi connectivity index (χ0n) is 21.8. The Morgan fingerprint density at radius 3 is 2.46 bits per heavy atom. The van der Waals surface area contributed by atoms with Gasteiger partial charge in [0, 0.05) is 66.7 Å². The molecule has 0 aliphatic rings. The number of aromatic nitrogens is 5. The zero-order valence-corrected chi connectivity index (χ0v) is 21.8. The standard InChI is InChI=1S/C29H27N7O3/c1-35-18-20(16-33-35)28-17-32-26-7-6-22(14-27(26)34-28)36(23-12-24(38-2)15-25(13-23)39-3)10-4-5-21-11-19(29(30)37)8-9-31-21/h4-9,11-18H,10H2,1-3H3,(H2,30,37)/b5-4+. The topological polar surface area (TPSA) is 121 Å². The van der Waals surface area contributed by atoms with Crippen LogP contribution in [0.25, 0.3) is 28.4 Å². The molecule has 0 radical (unpaired) electrons. The highest BCUT2D eigenvalue weighted by Gasteiger charge is 2.14. The number of rotatable bonds is 9. The van der Waals surface area contributed by atoms with Crippen LogP contribution in [-0.4, -0.2) is 51.4 Å². The highest BCUT2D eigenvalue weighted by atomic mass is 16.5. The second-order valence-corrected chi connectivity index (χ2v) is 8.75. The van der Waals surface area contributed by atoms with Gasteiger partial charge in [0.2, 0.25) is 5.91 Å². The number of carbonyl (C=O) groups is 1. The van der Waals surface area contributed by atoms with Crippen LogP contribution in [0, 0.1) is 0 Å². The predicted octanol–water partition coefficient (Wildman–Crippen LogP) is 4.39. The Bertz CT molecular complexity index is 1660. The highest BCUT2D eigenvalue weighted by Crippen LogP contribution is 2.34. The number of ether oxygens (including phenoxy) is 2. The number of nitrogens with two attached hydrogens (primary N) is 1. The SMILES string of the molecule is COc1cc(OC)cc(N(C/C=C/c2cc(C(N)=O)ccn2)c2ccc3ncc(-c4cnn(C)c4)nc3c2)c1. The van der Waals surface area contributed by atoms with Gasteiger partial charge >= 0.3 is 0 Å². The molecule has 2 N–H and O–H groups in total. The molecule has 5 rings (SSSR count). The van der Waals surface area contributed by atoms with Crippen molar-refractivity contribution in [2.45, 2.75) is 0 Å². The minimum absolute atomic E-state index is 0.400. The number of carbonyl (C=O) groups excluding carboxylic acids is 1. The molecule has 1 amide bonds. The van der Waals surface area contributed by atoms with Gasteiger partial charge in [0.25, 0.3) is 0 Å². The van der Waals surface area contributed by atoms with E-state index in [4.69, 9.17) is 20.2 Å². The Morgan fingerprint density at radius 1 is 0.974 bits per heavy atom. The Balaban J connectivity index is 1.55. The van der Waals surface area contributed by atoms with E-state index in [0.29, 0.717) is 29.3 Å². The fourth-order valence-corrected chi connectivity index (χ4v) is 4.14. The summed E-state index contributed by atoms with van der Waals surface area (Å²) in [4.78, 5) is 27.4. The summed E-state index contributed by atoms with van der Waals surface area (Å²) in [5.74, 6) is 0.822. The molecule has 0 saturated heterocycles. The molecule has 0 bridgehead atoms. The van der Waals surface area contributed by atoms with Gasteiger partial charge in [0.15, 0.2) is 0 Å². The average Bonchev–Trinajstić information content (AvgIpc) is 3.40. The number of amides is 1. The number of nitrogens with zero attached hydrogens (tertiary/aromatic N) is 6. The summed E-state index contributed by atoms with van der Waals surface area (Å²) in [7, 11) is 5.10. The van der Waals surface area contributed by atoms with Crippen LogP contribution < -0.4 is 20.1 Å². The molecule has 39 heavy (non-hydrogen) atoms. The quantitative estimate of drug-likeness (QED) is 0.303. The molecule has 10 nitrogen and oxygen atoms in total. The summed E-state index contributed by atoms with van der Waals surface area (Å²) in [6.07, 6.45) is 10.8. The molecule has 5 aromatic rings. The number of primary amides is 1. The van der Waals surface area contributed by atoms with E-state index in [9.17, 15) is 4.79 Å². The van der Waals surface area contributed by atoms with Gasteiger partial charge in [-0.2, -0.15) is 5.10 Å². The summed E-state index contributed by atoms with van der Waals surface area (Å²) in [6, 6.07) is 14.9. The van der Waals surface area contributed by atoms with Crippen LogP contribution in [0.4, 0.5) is 11.4 Å². The third-order valence-electron chi connectivity index (χ3n) is 6.13. The lowest BCUT2D eigenvalue weighted by Gasteiger charge is -2.25. The molecular formula is C29H27N7O3. The maximum absolute atomic E-state index is 11.6. The van der Waals surface area contributed by atoms with Crippen molar-refractivity contribution in [1.82, 2.24) is 24.7 Å². The number of aryl methyl sites for hydroxylation is 1. The second-order valence-electron chi connectivity index (χ2n) is 8.75. The molecule has 0 spiro atoms. The van der Waals surface area contributed by atoms with Crippen molar-refractivity contribution in [3.8, 4) is 22.8 Å². The fraction of sp³-hybridized carbons (Fsp3) is 0.138. The normalized spacial score (nSPS) is 11.2. The third kappa shape index (κ3) is 5.69. The lowest BCUT2D eigenvalue weighted by molar-refractivity contribution is 0.1000. The molecule has 10 heteroatoms. The summed E-state index contributed by atoms with van der Waals surface area (Å²) in [5, 5.41) is 4.24. The minimum Gasteiger partial charge on any atom is -0.497 e. The summed E-state index contributed by atoms with van der Waals surface area (Å²) >= 11 is 0. The molecule has 0 saturated carbocycles. The molecule has 0 aliphatic heterocycles. The Kier molecular flexibility index (Phi) is 7.17. The molecule has 0 atom stereocenters. The van der Waals surface area contributed by atoms with Crippen molar-refractivity contribution in [2.24, 2.45) is 12.8 Å². The first-order chi connectivity index (χ1) is 18.9. The van der Waals surface area contributed by atoms with E-state index in [-0.39, 0.29) is 0 Å². The highest BCUT2D eigenvalue weighted by molar-refractivity contribution is 5.93. The fourth-order valence-electron chi connectivity index (χ4n) is 4.14. The molecule has 3 aromatic heterocycles. The van der Waals surface area contributed by atoms with Crippen LogP contribution in [0.15, 0.2) is 79.4 Å². The molecule has 3 heterocycles. The molecule has 196 valence electrons. The first-order valence-corrected chi connectivity index (χ1v) is 12.1. The smallest absolute Gasteiger partial charge is 0.248 e. The molecular weight excluding hydrogens is 494 g/mol. The van der Waals surface area contributed by atoms with Crippen LogP contribution in [0.3, 0.4) is 0 Å². The lowest BCUT2D eigenvalue weighted by Crippen LogP contribution is -2.17. The van der Waals surface area contributed by atoms with E-state index in [2.05, 4.69) is 20.0 Å². The number of benzene rings is 2. The van der Waals surface area contributed by atoms with Crippen molar-refractivity contribution in [3.05, 3.63) is 90.7 Å². The van der Waals surface area contributed by atoms with Gasteiger partial charge in [-0.05, 0) is 36.4 Å². The maximum Gasteiger partial charge on any atom is 0.248 e. The summed E-state index contributed by atoms with van der Waals surface area (Å²) < 4.78 is 12.8. The lowest BCUT2D eigenvalue weighted by atomic mass is 10.1. The van der Waals surface area contributed by atoms with Gasteiger partial charge in [-0.15, -0.1) is 0 Å². The number of methoxy groups -OCH3 is 2. The first kappa shape index (κ1) is 25.4. The van der Waals surface area contributed by atoms with Crippen molar-refractivity contribution >= 4 is 34.4 Å². The van der Waals surface area contributed by atoms with Gasteiger partial charge in [0.1, 0.15) is 11.5 Å². The van der Waals surface area contributed by atoms with Crippen molar-refractivity contribution in [2.75, 3.05) is 25.7 Å². The Labute approximate surface area is 225 Å². The van der Waals surface area contributed by atoms with Gasteiger partial charge in [0.05, 0.1) is 49.0 Å². The third-order valence-corrected chi connectivity index (χ3v) is 6.13. The van der Waals surface area contributed by atoms with Crippen LogP contribution in [0.2, 0.25) is 0 Å². The van der Waals surface area contributed by atoms with Crippen molar-refractivity contribution in [1.29, 1.82) is 0 Å². The van der Waals surface area contributed by atoms with E-state index < -0.39 is 5.91 Å². The number of pyridine rings is 1. The van der Waals surface area contributed by atoms with E-state index in [1.165, 1.54) is 0 Å². The maximum atomic E-state index is 11.6. The van der Waals surface area contributed by atoms with Crippen LogP contribution in [-0.2, 0) is 7.05 Å². The van der Waals surface area contributed by atoms with E-state index in [1.807, 2.05) is 61.8 Å². The second kappa shape index (κ2) is 11.0. The largest absolute Gasteiger partial charge is 0.497 e. The van der Waals surface area contributed by atoms with Crippen LogP contribution >= 0.6 is 0 Å². The first-order valence-electron chi connectivity index (χ1n) is 12.1. The molecule has 0 fully saturated rings. The number of hydrogen-bond donors (Lipinski definition) is 1. The summed E-state index contributed by atoms with van der Waals surface area (Å²) in [6.45, 7) is 0.472. The zero-order chi connectivity index (χ0) is 27.4. The molecule has 2 aromatic carbocycles. The predicted molar refractivity (Wildman–Crippen MR) is 150 cm³/mol. The Morgan fingerprint density at radius 2 is 1.77 bits per heavy atom. The van der Waals surface area contributed by atoms with Gasteiger partial charge in [-0.25, -0.2) is 4.98 Å².